The lowest BCUT2D eigenvalue weighted by molar-refractivity contribution is 0.0944. The van der Waals surface area contributed by atoms with Crippen molar-refractivity contribution in [3.63, 3.8) is 0 Å². The molecule has 10 heteroatoms. The molecule has 0 aliphatic rings. The predicted octanol–water partition coefficient (Wildman–Crippen LogP) is 3.27. The van der Waals surface area contributed by atoms with Crippen molar-refractivity contribution in [1.82, 2.24) is 10.3 Å². The van der Waals surface area contributed by atoms with Gasteiger partial charge in [0.2, 0.25) is 5.75 Å². The van der Waals surface area contributed by atoms with Gasteiger partial charge in [-0.05, 0) is 57.2 Å². The number of ether oxygens (including phenoxy) is 3. The lowest BCUT2D eigenvalue weighted by atomic mass is 10.1. The van der Waals surface area contributed by atoms with Gasteiger partial charge in [0.15, 0.2) is 11.5 Å². The molecule has 0 unspecified atom stereocenters. The summed E-state index contributed by atoms with van der Waals surface area (Å²) in [5.41, 5.74) is 2.35. The number of amides is 1. The van der Waals surface area contributed by atoms with Crippen LogP contribution in [0.1, 0.15) is 31.1 Å². The van der Waals surface area contributed by atoms with Gasteiger partial charge in [0.05, 0.1) is 24.7 Å². The second-order valence-corrected chi connectivity index (χ2v) is 8.21. The number of nitrogens with one attached hydrogen (secondary N) is 2. The number of benzene rings is 2. The van der Waals surface area contributed by atoms with Gasteiger partial charge in [-0.2, -0.15) is 0 Å². The number of rotatable bonds is 10. The standard InChI is InChI=1S/C19H23BrN2O6S/c1-4-26-16-11-13(12-17(27-5-2)18(16)28-6-3)19(23)21-22-29(24,25)15-9-7-14(20)8-10-15/h7-12,22H,4-6H2,1-3H3,(H,21,23). The molecule has 0 aromatic heterocycles. The van der Waals surface area contributed by atoms with Crippen LogP contribution in [-0.2, 0) is 10.0 Å². The zero-order chi connectivity index (χ0) is 21.4. The zero-order valence-corrected chi connectivity index (χ0v) is 18.7. The van der Waals surface area contributed by atoms with Crippen molar-refractivity contribution in [2.24, 2.45) is 0 Å². The highest BCUT2D eigenvalue weighted by molar-refractivity contribution is 9.10. The van der Waals surface area contributed by atoms with Crippen LogP contribution in [0.2, 0.25) is 0 Å². The van der Waals surface area contributed by atoms with Gasteiger partial charge in [0.25, 0.3) is 15.9 Å². The molecule has 0 aliphatic carbocycles. The topological polar surface area (TPSA) is 103 Å². The van der Waals surface area contributed by atoms with Gasteiger partial charge >= 0.3 is 0 Å². The highest BCUT2D eigenvalue weighted by Crippen LogP contribution is 2.39. The van der Waals surface area contributed by atoms with Crippen LogP contribution in [0.25, 0.3) is 0 Å². The van der Waals surface area contributed by atoms with E-state index in [4.69, 9.17) is 14.2 Å². The van der Waals surface area contributed by atoms with Gasteiger partial charge in [-0.25, -0.2) is 8.42 Å². The monoisotopic (exact) mass is 486 g/mol. The second-order valence-electron chi connectivity index (χ2n) is 5.61. The molecule has 0 bridgehead atoms. The molecule has 0 spiro atoms. The third-order valence-corrected chi connectivity index (χ3v) is 5.39. The smallest absolute Gasteiger partial charge is 0.266 e. The maximum Gasteiger partial charge on any atom is 0.266 e. The van der Waals surface area contributed by atoms with E-state index in [1.165, 1.54) is 24.3 Å². The SMILES string of the molecule is CCOc1cc(C(=O)NNS(=O)(=O)c2ccc(Br)cc2)cc(OCC)c1OCC. The number of halogens is 1. The number of sulfonamides is 1. The Morgan fingerprint density at radius 2 is 1.45 bits per heavy atom. The molecule has 1 amide bonds. The van der Waals surface area contributed by atoms with E-state index in [-0.39, 0.29) is 10.5 Å². The first kappa shape index (κ1) is 23.0. The molecule has 0 saturated carbocycles. The average molecular weight is 487 g/mol. The summed E-state index contributed by atoms with van der Waals surface area (Å²) in [7, 11) is -3.93. The minimum Gasteiger partial charge on any atom is -0.490 e. The van der Waals surface area contributed by atoms with E-state index in [1.807, 2.05) is 6.92 Å². The Hall–Kier alpha value is -2.30. The molecule has 158 valence electrons. The van der Waals surface area contributed by atoms with E-state index in [2.05, 4.69) is 26.2 Å². The molecule has 0 atom stereocenters. The molecule has 8 nitrogen and oxygen atoms in total. The Kier molecular flexibility index (Phi) is 8.30. The number of hydrazine groups is 1. The Bertz CT molecular complexity index is 921. The van der Waals surface area contributed by atoms with E-state index in [9.17, 15) is 13.2 Å². The van der Waals surface area contributed by atoms with Gasteiger partial charge in [0, 0.05) is 10.0 Å². The summed E-state index contributed by atoms with van der Waals surface area (Å²) in [6, 6.07) is 8.95. The Morgan fingerprint density at radius 1 is 0.931 bits per heavy atom. The Labute approximate surface area is 178 Å². The molecule has 0 saturated heterocycles. The maximum absolute atomic E-state index is 12.6. The molecule has 0 aliphatic heterocycles. The quantitative estimate of drug-likeness (QED) is 0.499. The summed E-state index contributed by atoms with van der Waals surface area (Å²) >= 11 is 3.24. The van der Waals surface area contributed by atoms with E-state index in [1.54, 1.807) is 26.0 Å². The van der Waals surface area contributed by atoms with Crippen LogP contribution in [0.3, 0.4) is 0 Å². The van der Waals surface area contributed by atoms with Crippen molar-refractivity contribution in [3.05, 3.63) is 46.4 Å². The highest BCUT2D eigenvalue weighted by atomic mass is 79.9. The molecule has 0 heterocycles. The molecular formula is C19H23BrN2O6S. The van der Waals surface area contributed by atoms with E-state index >= 15 is 0 Å². The highest BCUT2D eigenvalue weighted by Gasteiger charge is 2.20. The second kappa shape index (κ2) is 10.5. The van der Waals surface area contributed by atoms with Crippen LogP contribution in [0.15, 0.2) is 45.8 Å². The van der Waals surface area contributed by atoms with Crippen LogP contribution in [0.5, 0.6) is 17.2 Å². The van der Waals surface area contributed by atoms with Crippen molar-refractivity contribution in [2.45, 2.75) is 25.7 Å². The van der Waals surface area contributed by atoms with Crippen molar-refractivity contribution < 1.29 is 27.4 Å². The number of carbonyl (C=O) groups is 1. The maximum atomic E-state index is 12.6. The normalized spacial score (nSPS) is 11.0. The lowest BCUT2D eigenvalue weighted by Gasteiger charge is -2.17. The van der Waals surface area contributed by atoms with Gasteiger partial charge in [-0.15, -0.1) is 4.83 Å². The first-order valence-electron chi connectivity index (χ1n) is 8.96. The Balaban J connectivity index is 2.26. The van der Waals surface area contributed by atoms with E-state index in [0.29, 0.717) is 37.1 Å². The zero-order valence-electron chi connectivity index (χ0n) is 16.3. The predicted molar refractivity (Wildman–Crippen MR) is 112 cm³/mol. The van der Waals surface area contributed by atoms with Crippen LogP contribution in [-0.4, -0.2) is 34.1 Å². The number of hydrogen-bond acceptors (Lipinski definition) is 6. The fourth-order valence-corrected chi connectivity index (χ4v) is 3.48. The molecule has 0 radical (unpaired) electrons. The average Bonchev–Trinajstić information content (AvgIpc) is 2.69. The minimum absolute atomic E-state index is 0.0118. The lowest BCUT2D eigenvalue weighted by Crippen LogP contribution is -2.41. The molecule has 0 fully saturated rings. The summed E-state index contributed by atoms with van der Waals surface area (Å²) in [4.78, 5) is 14.7. The number of hydrogen-bond donors (Lipinski definition) is 2. The Morgan fingerprint density at radius 3 is 1.93 bits per heavy atom. The summed E-state index contributed by atoms with van der Waals surface area (Å²) in [5, 5.41) is 0. The molecule has 2 rings (SSSR count). The van der Waals surface area contributed by atoms with Crippen LogP contribution < -0.4 is 24.5 Å². The van der Waals surface area contributed by atoms with Crippen molar-refractivity contribution in [2.75, 3.05) is 19.8 Å². The summed E-state index contributed by atoms with van der Waals surface area (Å²) < 4.78 is 42.2. The van der Waals surface area contributed by atoms with Crippen molar-refractivity contribution in [1.29, 1.82) is 0 Å². The van der Waals surface area contributed by atoms with Gasteiger partial charge in [-0.3, -0.25) is 10.2 Å². The summed E-state index contributed by atoms with van der Waals surface area (Å²) in [5.74, 6) is 0.390. The molecule has 2 aromatic carbocycles. The first-order chi connectivity index (χ1) is 13.8. The van der Waals surface area contributed by atoms with Crippen molar-refractivity contribution >= 4 is 31.9 Å². The fraction of sp³-hybridized carbons (Fsp3) is 0.316. The third-order valence-electron chi connectivity index (χ3n) is 3.59. The van der Waals surface area contributed by atoms with Crippen LogP contribution >= 0.6 is 15.9 Å². The molecule has 2 aromatic rings. The molecule has 2 N–H and O–H groups in total. The first-order valence-corrected chi connectivity index (χ1v) is 11.2. The fourth-order valence-electron chi connectivity index (χ4n) is 2.38. The van der Waals surface area contributed by atoms with Crippen molar-refractivity contribution in [3.8, 4) is 17.2 Å². The largest absolute Gasteiger partial charge is 0.490 e. The summed E-state index contributed by atoms with van der Waals surface area (Å²) in [6.45, 7) is 6.52. The van der Waals surface area contributed by atoms with E-state index < -0.39 is 15.9 Å². The molecular weight excluding hydrogens is 464 g/mol. The van der Waals surface area contributed by atoms with Gasteiger partial charge in [-0.1, -0.05) is 15.9 Å². The van der Waals surface area contributed by atoms with Crippen LogP contribution in [0.4, 0.5) is 0 Å². The van der Waals surface area contributed by atoms with Crippen LogP contribution in [0, 0.1) is 0 Å². The molecule has 29 heavy (non-hydrogen) atoms. The van der Waals surface area contributed by atoms with E-state index in [0.717, 1.165) is 4.47 Å². The van der Waals surface area contributed by atoms with Gasteiger partial charge in [0.1, 0.15) is 0 Å². The third kappa shape index (κ3) is 6.09. The van der Waals surface area contributed by atoms with Gasteiger partial charge < -0.3 is 14.2 Å². The summed E-state index contributed by atoms with van der Waals surface area (Å²) in [6.07, 6.45) is 0. The minimum atomic E-state index is -3.93. The number of carbonyl (C=O) groups excluding carboxylic acids is 1.